The average Bonchev–Trinajstić information content (AvgIpc) is 2.58. The molecule has 3 nitrogen and oxygen atoms in total. The van der Waals surface area contributed by atoms with Crippen molar-refractivity contribution in [1.29, 1.82) is 0 Å². The Morgan fingerprint density at radius 2 is 1.93 bits per heavy atom. The maximum atomic E-state index is 5.62. The van der Waals surface area contributed by atoms with Crippen molar-refractivity contribution in [2.75, 3.05) is 6.54 Å². The zero-order valence-electron chi connectivity index (χ0n) is 8.80. The third-order valence-electron chi connectivity index (χ3n) is 3.02. The van der Waals surface area contributed by atoms with Gasteiger partial charge in [0.05, 0.1) is 6.10 Å². The molecule has 0 bridgehead atoms. The number of amidine groups is 1. The van der Waals surface area contributed by atoms with Crippen molar-refractivity contribution in [1.82, 2.24) is 5.48 Å². The maximum absolute atomic E-state index is 5.62. The van der Waals surface area contributed by atoms with E-state index in [0.29, 0.717) is 6.10 Å². The van der Waals surface area contributed by atoms with Gasteiger partial charge in [-0.15, -0.1) is 0 Å². The normalized spacial score (nSPS) is 24.4. The van der Waals surface area contributed by atoms with Crippen LogP contribution in [0.5, 0.6) is 0 Å². The van der Waals surface area contributed by atoms with Crippen molar-refractivity contribution in [3.63, 3.8) is 0 Å². The summed E-state index contributed by atoms with van der Waals surface area (Å²) in [5.41, 5.74) is 3.05. The summed E-state index contributed by atoms with van der Waals surface area (Å²) in [4.78, 5) is 10.1. The molecule has 1 aliphatic carbocycles. The Morgan fingerprint density at radius 3 is 2.79 bits per heavy atom. The molecule has 0 atom stereocenters. The predicted octanol–water partition coefficient (Wildman–Crippen LogP) is 2.42. The molecule has 0 spiro atoms. The lowest BCUT2D eigenvalue weighted by Gasteiger charge is -2.13. The van der Waals surface area contributed by atoms with Gasteiger partial charge >= 0.3 is 0 Å². The highest BCUT2D eigenvalue weighted by Gasteiger charge is 2.16. The summed E-state index contributed by atoms with van der Waals surface area (Å²) in [6.45, 7) is 0.969. The van der Waals surface area contributed by atoms with Crippen LogP contribution in [0, 0.1) is 0 Å². The smallest absolute Gasteiger partial charge is 0.120 e. The fraction of sp³-hybridized carbons (Fsp3) is 0.909. The van der Waals surface area contributed by atoms with Crippen LogP contribution in [-0.2, 0) is 4.84 Å². The topological polar surface area (TPSA) is 33.6 Å². The molecule has 14 heavy (non-hydrogen) atoms. The van der Waals surface area contributed by atoms with Gasteiger partial charge in [0, 0.05) is 13.0 Å². The SMILES string of the molecule is C1CCN=C(NOC2CCCC2)CC1. The van der Waals surface area contributed by atoms with Crippen LogP contribution >= 0.6 is 0 Å². The van der Waals surface area contributed by atoms with Gasteiger partial charge in [0.15, 0.2) is 0 Å². The molecule has 0 amide bonds. The third kappa shape index (κ3) is 2.98. The summed E-state index contributed by atoms with van der Waals surface area (Å²) in [6, 6.07) is 0. The zero-order chi connectivity index (χ0) is 9.64. The average molecular weight is 196 g/mol. The van der Waals surface area contributed by atoms with Crippen LogP contribution in [0.25, 0.3) is 0 Å². The summed E-state index contributed by atoms with van der Waals surface area (Å²) in [6.07, 6.45) is 10.3. The van der Waals surface area contributed by atoms with E-state index < -0.39 is 0 Å². The lowest BCUT2D eigenvalue weighted by atomic mass is 10.2. The number of rotatable bonds is 2. The van der Waals surface area contributed by atoms with Crippen LogP contribution in [0.15, 0.2) is 4.99 Å². The van der Waals surface area contributed by atoms with Gasteiger partial charge in [-0.05, 0) is 25.7 Å². The standard InChI is InChI=1S/C11H20N2O/c1-2-8-11(12-9-5-1)13-14-10-6-3-4-7-10/h10H,1-9H2,(H,12,13). The van der Waals surface area contributed by atoms with Gasteiger partial charge in [-0.1, -0.05) is 19.3 Å². The first-order chi connectivity index (χ1) is 6.95. The first kappa shape index (κ1) is 9.97. The van der Waals surface area contributed by atoms with Crippen LogP contribution in [0.3, 0.4) is 0 Å². The Labute approximate surface area is 85.9 Å². The number of hydrogen-bond donors (Lipinski definition) is 1. The molecule has 0 aromatic rings. The van der Waals surface area contributed by atoms with E-state index in [2.05, 4.69) is 10.5 Å². The van der Waals surface area contributed by atoms with E-state index >= 15 is 0 Å². The third-order valence-corrected chi connectivity index (χ3v) is 3.02. The summed E-state index contributed by atoms with van der Waals surface area (Å²) < 4.78 is 0. The lowest BCUT2D eigenvalue weighted by molar-refractivity contribution is 0.0138. The van der Waals surface area contributed by atoms with Crippen LogP contribution in [0.4, 0.5) is 0 Å². The molecule has 0 aromatic heterocycles. The molecule has 80 valence electrons. The van der Waals surface area contributed by atoms with Gasteiger partial charge in [-0.25, -0.2) is 0 Å². The summed E-state index contributed by atoms with van der Waals surface area (Å²) in [5, 5.41) is 0. The molecule has 1 heterocycles. The fourth-order valence-electron chi connectivity index (χ4n) is 2.11. The second kappa shape index (κ2) is 5.35. The van der Waals surface area contributed by atoms with E-state index in [1.165, 1.54) is 44.9 Å². The highest BCUT2D eigenvalue weighted by atomic mass is 16.7. The van der Waals surface area contributed by atoms with Crippen molar-refractivity contribution >= 4 is 5.84 Å². The predicted molar refractivity (Wildman–Crippen MR) is 57.2 cm³/mol. The Hall–Kier alpha value is -0.570. The minimum absolute atomic E-state index is 0.431. The van der Waals surface area contributed by atoms with Gasteiger partial charge in [0.2, 0.25) is 0 Å². The van der Waals surface area contributed by atoms with Crippen molar-refractivity contribution in [3.05, 3.63) is 0 Å². The van der Waals surface area contributed by atoms with Gasteiger partial charge < -0.3 is 0 Å². The molecule has 0 saturated heterocycles. The van der Waals surface area contributed by atoms with Gasteiger partial charge in [-0.3, -0.25) is 15.3 Å². The second-order valence-corrected chi connectivity index (χ2v) is 4.27. The summed E-state index contributed by atoms with van der Waals surface area (Å²) in [7, 11) is 0. The minimum atomic E-state index is 0.431. The molecular formula is C11H20N2O. The lowest BCUT2D eigenvalue weighted by Crippen LogP contribution is -2.28. The van der Waals surface area contributed by atoms with Crippen molar-refractivity contribution in [2.24, 2.45) is 4.99 Å². The molecule has 1 aliphatic heterocycles. The quantitative estimate of drug-likeness (QED) is 0.688. The molecule has 3 heteroatoms. The monoisotopic (exact) mass is 196 g/mol. The summed E-state index contributed by atoms with van der Waals surface area (Å²) in [5.74, 6) is 1.06. The van der Waals surface area contributed by atoms with Crippen LogP contribution in [0.1, 0.15) is 51.4 Å². The number of hydrogen-bond acceptors (Lipinski definition) is 3. The first-order valence-electron chi connectivity index (χ1n) is 5.90. The van der Waals surface area contributed by atoms with Crippen molar-refractivity contribution in [3.8, 4) is 0 Å². The molecule has 1 fully saturated rings. The van der Waals surface area contributed by atoms with Crippen LogP contribution in [0.2, 0.25) is 0 Å². The molecule has 0 aromatic carbocycles. The maximum Gasteiger partial charge on any atom is 0.120 e. The van der Waals surface area contributed by atoms with E-state index in [0.717, 1.165) is 18.8 Å². The molecule has 2 aliphatic rings. The molecule has 2 rings (SSSR count). The van der Waals surface area contributed by atoms with E-state index in [9.17, 15) is 0 Å². The first-order valence-corrected chi connectivity index (χ1v) is 5.90. The minimum Gasteiger partial charge on any atom is -0.272 e. The van der Waals surface area contributed by atoms with E-state index in [-0.39, 0.29) is 0 Å². The largest absolute Gasteiger partial charge is 0.272 e. The Kier molecular flexibility index (Phi) is 3.80. The van der Waals surface area contributed by atoms with Crippen LogP contribution in [-0.4, -0.2) is 18.5 Å². The molecule has 1 saturated carbocycles. The number of nitrogens with one attached hydrogen (secondary N) is 1. The van der Waals surface area contributed by atoms with Gasteiger partial charge in [0.1, 0.15) is 5.84 Å². The number of hydroxylamine groups is 1. The van der Waals surface area contributed by atoms with Crippen LogP contribution < -0.4 is 5.48 Å². The van der Waals surface area contributed by atoms with Gasteiger partial charge in [0.25, 0.3) is 0 Å². The Balaban J connectivity index is 1.70. The highest BCUT2D eigenvalue weighted by molar-refractivity contribution is 5.81. The molecule has 0 unspecified atom stereocenters. The van der Waals surface area contributed by atoms with Gasteiger partial charge in [-0.2, -0.15) is 0 Å². The Bertz CT molecular complexity index is 197. The van der Waals surface area contributed by atoms with Crippen molar-refractivity contribution in [2.45, 2.75) is 57.5 Å². The Morgan fingerprint density at radius 1 is 1.07 bits per heavy atom. The molecular weight excluding hydrogens is 176 g/mol. The molecule has 0 radical (unpaired) electrons. The zero-order valence-corrected chi connectivity index (χ0v) is 8.80. The molecule has 1 N–H and O–H groups in total. The van der Waals surface area contributed by atoms with E-state index in [1.807, 2.05) is 0 Å². The number of aliphatic imine (C=N–C) groups is 1. The van der Waals surface area contributed by atoms with E-state index in [1.54, 1.807) is 0 Å². The highest BCUT2D eigenvalue weighted by Crippen LogP contribution is 2.20. The summed E-state index contributed by atoms with van der Waals surface area (Å²) >= 11 is 0. The second-order valence-electron chi connectivity index (χ2n) is 4.27. The van der Waals surface area contributed by atoms with E-state index in [4.69, 9.17) is 4.84 Å². The number of nitrogens with zero attached hydrogens (tertiary/aromatic N) is 1. The van der Waals surface area contributed by atoms with Crippen molar-refractivity contribution < 1.29 is 4.84 Å². The fourth-order valence-corrected chi connectivity index (χ4v) is 2.11.